The molecule has 0 aliphatic carbocycles. The van der Waals surface area contributed by atoms with Crippen molar-refractivity contribution in [1.82, 2.24) is 10.2 Å². The van der Waals surface area contributed by atoms with Crippen molar-refractivity contribution in [3.8, 4) is 0 Å². The van der Waals surface area contributed by atoms with E-state index in [9.17, 15) is 4.79 Å². The van der Waals surface area contributed by atoms with E-state index in [1.54, 1.807) is 0 Å². The van der Waals surface area contributed by atoms with Gasteiger partial charge in [0.15, 0.2) is 0 Å². The summed E-state index contributed by atoms with van der Waals surface area (Å²) >= 11 is 0. The molecule has 0 radical (unpaired) electrons. The Balaban J connectivity index is 1.78. The number of nitrogens with zero attached hydrogens (tertiary/aromatic N) is 1. The van der Waals surface area contributed by atoms with E-state index in [0.717, 1.165) is 44.5 Å². The second kappa shape index (κ2) is 7.41. The smallest absolute Gasteiger partial charge is 0.241 e. The van der Waals surface area contributed by atoms with E-state index in [2.05, 4.69) is 35.7 Å². The monoisotopic (exact) mass is 275 g/mol. The van der Waals surface area contributed by atoms with Crippen LogP contribution >= 0.6 is 0 Å². The van der Waals surface area contributed by atoms with Gasteiger partial charge >= 0.3 is 0 Å². The SMILES string of the molecule is CN(C)CCCCNC1CCc2ccccc2NC1=O. The van der Waals surface area contributed by atoms with Crippen molar-refractivity contribution in [3.63, 3.8) is 0 Å². The van der Waals surface area contributed by atoms with Crippen LogP contribution in [0.4, 0.5) is 5.69 Å². The van der Waals surface area contributed by atoms with Crippen molar-refractivity contribution in [2.45, 2.75) is 31.7 Å². The van der Waals surface area contributed by atoms with Crippen LogP contribution in [0.1, 0.15) is 24.8 Å². The van der Waals surface area contributed by atoms with E-state index in [1.165, 1.54) is 5.56 Å². The molecule has 20 heavy (non-hydrogen) atoms. The van der Waals surface area contributed by atoms with Gasteiger partial charge in [-0.05, 0) is 64.5 Å². The Kier molecular flexibility index (Phi) is 5.56. The van der Waals surface area contributed by atoms with Gasteiger partial charge in [0.2, 0.25) is 5.91 Å². The highest BCUT2D eigenvalue weighted by Crippen LogP contribution is 2.21. The predicted octanol–water partition coefficient (Wildman–Crippen LogP) is 1.87. The summed E-state index contributed by atoms with van der Waals surface area (Å²) in [6.45, 7) is 2.01. The van der Waals surface area contributed by atoms with Crippen LogP contribution in [0.5, 0.6) is 0 Å². The number of unbranched alkanes of at least 4 members (excludes halogenated alkanes) is 1. The molecule has 0 fully saturated rings. The molecule has 1 unspecified atom stereocenters. The molecular formula is C16H25N3O. The van der Waals surface area contributed by atoms with E-state index in [0.29, 0.717) is 0 Å². The standard InChI is InChI=1S/C16H25N3O/c1-19(2)12-6-5-11-17-15-10-9-13-7-3-4-8-14(13)18-16(15)20/h3-4,7-8,15,17H,5-6,9-12H2,1-2H3,(H,18,20). The van der Waals surface area contributed by atoms with Crippen LogP contribution in [0.15, 0.2) is 24.3 Å². The van der Waals surface area contributed by atoms with Crippen LogP contribution < -0.4 is 10.6 Å². The zero-order chi connectivity index (χ0) is 14.4. The average Bonchev–Trinajstić information content (AvgIpc) is 2.57. The molecule has 2 N–H and O–H groups in total. The molecular weight excluding hydrogens is 250 g/mol. The van der Waals surface area contributed by atoms with Gasteiger partial charge in [-0.15, -0.1) is 0 Å². The first kappa shape index (κ1) is 15.0. The van der Waals surface area contributed by atoms with Gasteiger partial charge in [0.1, 0.15) is 0 Å². The summed E-state index contributed by atoms with van der Waals surface area (Å²) in [5.74, 6) is 0.0996. The molecule has 4 heteroatoms. The fourth-order valence-corrected chi connectivity index (χ4v) is 2.54. The molecule has 1 aromatic rings. The lowest BCUT2D eigenvalue weighted by Gasteiger charge is -2.15. The third-order valence-corrected chi connectivity index (χ3v) is 3.72. The molecule has 0 saturated carbocycles. The Morgan fingerprint density at radius 2 is 2.10 bits per heavy atom. The minimum atomic E-state index is -0.0678. The third-order valence-electron chi connectivity index (χ3n) is 3.72. The lowest BCUT2D eigenvalue weighted by atomic mass is 10.1. The topological polar surface area (TPSA) is 44.4 Å². The molecule has 1 heterocycles. The molecule has 1 aliphatic heterocycles. The molecule has 110 valence electrons. The summed E-state index contributed by atoms with van der Waals surface area (Å²) in [7, 11) is 4.17. The maximum Gasteiger partial charge on any atom is 0.241 e. The summed E-state index contributed by atoms with van der Waals surface area (Å²) in [6.07, 6.45) is 4.09. The van der Waals surface area contributed by atoms with E-state index in [-0.39, 0.29) is 11.9 Å². The first-order valence-corrected chi connectivity index (χ1v) is 7.43. The minimum Gasteiger partial charge on any atom is -0.324 e. The molecule has 0 bridgehead atoms. The van der Waals surface area contributed by atoms with Crippen LogP contribution in [0, 0.1) is 0 Å². The summed E-state index contributed by atoms with van der Waals surface area (Å²) in [4.78, 5) is 14.4. The van der Waals surface area contributed by atoms with Crippen LogP contribution in [0.2, 0.25) is 0 Å². The number of amides is 1. The second-order valence-electron chi connectivity index (χ2n) is 5.70. The van der Waals surface area contributed by atoms with E-state index in [4.69, 9.17) is 0 Å². The van der Waals surface area contributed by atoms with Crippen molar-refractivity contribution >= 4 is 11.6 Å². The average molecular weight is 275 g/mol. The van der Waals surface area contributed by atoms with Gasteiger partial charge in [-0.2, -0.15) is 0 Å². The van der Waals surface area contributed by atoms with E-state index >= 15 is 0 Å². The summed E-state index contributed by atoms with van der Waals surface area (Å²) in [6, 6.07) is 8.00. The summed E-state index contributed by atoms with van der Waals surface area (Å²) < 4.78 is 0. The lowest BCUT2D eigenvalue weighted by molar-refractivity contribution is -0.118. The number of carbonyl (C=O) groups excluding carboxylic acids is 1. The lowest BCUT2D eigenvalue weighted by Crippen LogP contribution is -2.40. The molecule has 2 rings (SSSR count). The van der Waals surface area contributed by atoms with Crippen LogP contribution in [-0.2, 0) is 11.2 Å². The van der Waals surface area contributed by atoms with Crippen LogP contribution in [0.25, 0.3) is 0 Å². The van der Waals surface area contributed by atoms with Crippen LogP contribution in [0.3, 0.4) is 0 Å². The molecule has 0 aromatic heterocycles. The van der Waals surface area contributed by atoms with Gasteiger partial charge in [0.25, 0.3) is 0 Å². The van der Waals surface area contributed by atoms with Crippen molar-refractivity contribution in [3.05, 3.63) is 29.8 Å². The number of benzene rings is 1. The molecule has 1 aliphatic rings. The number of hydrogen-bond acceptors (Lipinski definition) is 3. The van der Waals surface area contributed by atoms with Crippen molar-refractivity contribution in [1.29, 1.82) is 0 Å². The summed E-state index contributed by atoms with van der Waals surface area (Å²) in [5.41, 5.74) is 2.20. The van der Waals surface area contributed by atoms with Gasteiger partial charge in [0, 0.05) is 5.69 Å². The number of anilines is 1. The molecule has 4 nitrogen and oxygen atoms in total. The zero-order valence-corrected chi connectivity index (χ0v) is 12.5. The highest BCUT2D eigenvalue weighted by Gasteiger charge is 2.22. The Bertz CT molecular complexity index is 445. The van der Waals surface area contributed by atoms with Crippen molar-refractivity contribution in [2.75, 3.05) is 32.5 Å². The van der Waals surface area contributed by atoms with Crippen molar-refractivity contribution in [2.24, 2.45) is 0 Å². The third kappa shape index (κ3) is 4.32. The second-order valence-corrected chi connectivity index (χ2v) is 5.70. The quantitative estimate of drug-likeness (QED) is 0.779. The fraction of sp³-hybridized carbons (Fsp3) is 0.562. The van der Waals surface area contributed by atoms with E-state index in [1.807, 2.05) is 18.2 Å². The van der Waals surface area contributed by atoms with Gasteiger partial charge in [-0.25, -0.2) is 0 Å². The van der Waals surface area contributed by atoms with Gasteiger partial charge in [-0.1, -0.05) is 18.2 Å². The number of para-hydroxylation sites is 1. The maximum atomic E-state index is 12.2. The molecule has 0 spiro atoms. The first-order chi connectivity index (χ1) is 9.66. The first-order valence-electron chi connectivity index (χ1n) is 7.43. The minimum absolute atomic E-state index is 0.0678. The summed E-state index contributed by atoms with van der Waals surface area (Å²) in [5, 5.41) is 6.41. The van der Waals surface area contributed by atoms with Gasteiger partial charge in [-0.3, -0.25) is 4.79 Å². The van der Waals surface area contributed by atoms with E-state index < -0.39 is 0 Å². The molecule has 0 saturated heterocycles. The fourth-order valence-electron chi connectivity index (χ4n) is 2.54. The highest BCUT2D eigenvalue weighted by atomic mass is 16.2. The van der Waals surface area contributed by atoms with Crippen LogP contribution in [-0.4, -0.2) is 44.0 Å². The highest BCUT2D eigenvalue weighted by molar-refractivity contribution is 5.96. The number of hydrogen-bond donors (Lipinski definition) is 2. The molecule has 1 amide bonds. The normalized spacial score (nSPS) is 18.6. The van der Waals surface area contributed by atoms with Gasteiger partial charge in [0.05, 0.1) is 6.04 Å². The Morgan fingerprint density at radius 1 is 1.30 bits per heavy atom. The Hall–Kier alpha value is -1.39. The number of carbonyl (C=O) groups is 1. The number of nitrogens with one attached hydrogen (secondary N) is 2. The number of fused-ring (bicyclic) bond motifs is 1. The number of aryl methyl sites for hydroxylation is 1. The Labute approximate surface area is 121 Å². The van der Waals surface area contributed by atoms with Gasteiger partial charge < -0.3 is 15.5 Å². The Morgan fingerprint density at radius 3 is 2.90 bits per heavy atom. The molecule has 1 aromatic carbocycles. The zero-order valence-electron chi connectivity index (χ0n) is 12.5. The van der Waals surface area contributed by atoms with Crippen molar-refractivity contribution < 1.29 is 4.79 Å². The predicted molar refractivity (Wildman–Crippen MR) is 83.0 cm³/mol. The molecule has 1 atom stereocenters. The maximum absolute atomic E-state index is 12.2. The largest absolute Gasteiger partial charge is 0.324 e. The number of rotatable bonds is 6.